The Kier molecular flexibility index (Phi) is 7.48. The third-order valence-corrected chi connectivity index (χ3v) is 5.17. The van der Waals surface area contributed by atoms with Crippen LogP contribution >= 0.6 is 15.9 Å². The molecule has 0 atom stereocenters. The van der Waals surface area contributed by atoms with E-state index < -0.39 is 0 Å². The van der Waals surface area contributed by atoms with E-state index in [1.165, 1.54) is 13.2 Å². The molecule has 1 amide bonds. The van der Waals surface area contributed by atoms with E-state index in [1.807, 2.05) is 0 Å². The molecule has 0 bridgehead atoms. The first kappa shape index (κ1) is 21.9. The van der Waals surface area contributed by atoms with Crippen molar-refractivity contribution in [2.45, 2.75) is 0 Å². The van der Waals surface area contributed by atoms with Crippen molar-refractivity contribution in [3.05, 3.63) is 58.1 Å². The van der Waals surface area contributed by atoms with Gasteiger partial charge in [0.15, 0.2) is 23.9 Å². The lowest BCUT2D eigenvalue weighted by Crippen LogP contribution is -2.42. The number of aromatic hydroxyl groups is 1. The van der Waals surface area contributed by atoms with Gasteiger partial charge in [-0.1, -0.05) is 6.08 Å². The summed E-state index contributed by atoms with van der Waals surface area (Å²) in [6.45, 7) is 2.19. The molecule has 0 radical (unpaired) electrons. The molecule has 1 aliphatic heterocycles. The summed E-state index contributed by atoms with van der Waals surface area (Å²) < 4.78 is 16.3. The molecule has 1 N–H and O–H groups in total. The lowest BCUT2D eigenvalue weighted by Gasteiger charge is -2.26. The number of carbonyl (C=O) groups is 2. The first-order valence-electron chi connectivity index (χ1n) is 9.35. The molecule has 30 heavy (non-hydrogen) atoms. The molecule has 158 valence electrons. The number of allylic oxidation sites excluding steroid dienone is 1. The van der Waals surface area contributed by atoms with Gasteiger partial charge in [0.05, 0.1) is 24.8 Å². The number of hydrogen-bond donors (Lipinski definition) is 1. The van der Waals surface area contributed by atoms with Crippen molar-refractivity contribution >= 4 is 33.7 Å². The lowest BCUT2D eigenvalue weighted by molar-refractivity contribution is -0.137. The number of morpholine rings is 1. The minimum absolute atomic E-state index is 0.00340. The minimum Gasteiger partial charge on any atom is -0.503 e. The van der Waals surface area contributed by atoms with Crippen LogP contribution in [0.4, 0.5) is 0 Å². The molecular formula is C22H22BrNO6. The normalized spacial score (nSPS) is 14.0. The van der Waals surface area contributed by atoms with Gasteiger partial charge >= 0.3 is 0 Å². The number of methoxy groups -OCH3 is 1. The van der Waals surface area contributed by atoms with Crippen molar-refractivity contribution in [1.29, 1.82) is 0 Å². The van der Waals surface area contributed by atoms with Gasteiger partial charge in [-0.2, -0.15) is 0 Å². The largest absolute Gasteiger partial charge is 0.503 e. The van der Waals surface area contributed by atoms with Crippen LogP contribution in [0.15, 0.2) is 46.9 Å². The van der Waals surface area contributed by atoms with Crippen molar-refractivity contribution in [2.75, 3.05) is 40.0 Å². The van der Waals surface area contributed by atoms with Crippen LogP contribution in [0, 0.1) is 0 Å². The highest BCUT2D eigenvalue weighted by Crippen LogP contribution is 2.35. The maximum absolute atomic E-state index is 12.4. The Morgan fingerprint density at radius 3 is 2.57 bits per heavy atom. The monoisotopic (exact) mass is 475 g/mol. The Labute approximate surface area is 183 Å². The predicted molar refractivity (Wildman–Crippen MR) is 115 cm³/mol. The molecule has 7 nitrogen and oxygen atoms in total. The topological polar surface area (TPSA) is 85.3 Å². The zero-order valence-corrected chi connectivity index (χ0v) is 18.1. The predicted octanol–water partition coefficient (Wildman–Crippen LogP) is 3.30. The number of benzene rings is 2. The quantitative estimate of drug-likeness (QED) is 0.488. The summed E-state index contributed by atoms with van der Waals surface area (Å²) in [5.74, 6) is 0.559. The van der Waals surface area contributed by atoms with E-state index in [9.17, 15) is 14.7 Å². The van der Waals surface area contributed by atoms with Crippen LogP contribution in [-0.2, 0) is 9.53 Å². The van der Waals surface area contributed by atoms with Gasteiger partial charge in [-0.3, -0.25) is 9.59 Å². The SMILES string of the molecule is COc1cc(/C=C/C(=O)c2ccc(OCC(=O)N3CCOCC3)cc2)cc(Br)c1O. The molecule has 0 unspecified atom stereocenters. The van der Waals surface area contributed by atoms with Crippen LogP contribution < -0.4 is 9.47 Å². The molecule has 0 aromatic heterocycles. The first-order chi connectivity index (χ1) is 14.5. The molecule has 0 aliphatic carbocycles. The Morgan fingerprint density at radius 1 is 1.20 bits per heavy atom. The van der Waals surface area contributed by atoms with E-state index in [0.29, 0.717) is 53.4 Å². The highest BCUT2D eigenvalue weighted by atomic mass is 79.9. The van der Waals surface area contributed by atoms with Gasteiger partial charge in [0.2, 0.25) is 0 Å². The van der Waals surface area contributed by atoms with Gasteiger partial charge in [-0.25, -0.2) is 0 Å². The summed E-state index contributed by atoms with van der Waals surface area (Å²) in [7, 11) is 1.46. The summed E-state index contributed by atoms with van der Waals surface area (Å²) in [4.78, 5) is 26.2. The zero-order chi connectivity index (χ0) is 21.5. The molecule has 2 aromatic carbocycles. The second-order valence-electron chi connectivity index (χ2n) is 6.56. The fourth-order valence-electron chi connectivity index (χ4n) is 2.88. The van der Waals surface area contributed by atoms with Crippen LogP contribution in [0.5, 0.6) is 17.2 Å². The number of phenols is 1. The molecule has 2 aromatic rings. The van der Waals surface area contributed by atoms with E-state index in [0.717, 1.165) is 0 Å². The van der Waals surface area contributed by atoms with Crippen molar-refractivity contribution in [3.63, 3.8) is 0 Å². The average molecular weight is 476 g/mol. The molecular weight excluding hydrogens is 454 g/mol. The highest BCUT2D eigenvalue weighted by Gasteiger charge is 2.17. The second-order valence-corrected chi connectivity index (χ2v) is 7.41. The lowest BCUT2D eigenvalue weighted by atomic mass is 10.1. The number of ether oxygens (including phenoxy) is 3. The standard InChI is InChI=1S/C22H22BrNO6/c1-28-20-13-15(12-18(23)22(20)27)2-7-19(25)16-3-5-17(6-4-16)30-14-21(26)24-8-10-29-11-9-24/h2-7,12-13,27H,8-11,14H2,1H3/b7-2+. The summed E-state index contributed by atoms with van der Waals surface area (Å²) in [5, 5.41) is 9.85. The number of halogens is 1. The number of nitrogens with zero attached hydrogens (tertiary/aromatic N) is 1. The minimum atomic E-state index is -0.186. The van der Waals surface area contributed by atoms with Crippen LogP contribution in [0.2, 0.25) is 0 Å². The summed E-state index contributed by atoms with van der Waals surface area (Å²) >= 11 is 3.25. The van der Waals surface area contributed by atoms with Crippen LogP contribution in [-0.4, -0.2) is 61.7 Å². The third kappa shape index (κ3) is 5.61. The molecule has 1 fully saturated rings. The molecule has 1 aliphatic rings. The summed E-state index contributed by atoms with van der Waals surface area (Å²) in [6, 6.07) is 9.93. The first-order valence-corrected chi connectivity index (χ1v) is 10.1. The van der Waals surface area contributed by atoms with Gasteiger partial charge in [0.25, 0.3) is 5.91 Å². The Balaban J connectivity index is 1.57. The molecule has 0 saturated carbocycles. The second kappa shape index (κ2) is 10.3. The fraction of sp³-hybridized carbons (Fsp3) is 0.273. The summed E-state index contributed by atoms with van der Waals surface area (Å²) in [6.07, 6.45) is 3.08. The number of carbonyl (C=O) groups excluding carboxylic acids is 2. The Morgan fingerprint density at radius 2 is 1.90 bits per heavy atom. The van der Waals surface area contributed by atoms with Crippen LogP contribution in [0.25, 0.3) is 6.08 Å². The molecule has 0 spiro atoms. The van der Waals surface area contributed by atoms with Crippen molar-refractivity contribution in [1.82, 2.24) is 4.90 Å². The number of phenolic OH excluding ortho intramolecular Hbond substituents is 1. The molecule has 8 heteroatoms. The molecule has 3 rings (SSSR count). The molecule has 1 saturated heterocycles. The molecule has 1 heterocycles. The van der Waals surface area contributed by atoms with Crippen LogP contribution in [0.3, 0.4) is 0 Å². The smallest absolute Gasteiger partial charge is 0.260 e. The van der Waals surface area contributed by atoms with Gasteiger partial charge in [-0.05, 0) is 64.0 Å². The van der Waals surface area contributed by atoms with E-state index in [2.05, 4.69) is 15.9 Å². The van der Waals surface area contributed by atoms with E-state index >= 15 is 0 Å². The Hall–Kier alpha value is -2.84. The van der Waals surface area contributed by atoms with Gasteiger partial charge in [0, 0.05) is 18.7 Å². The van der Waals surface area contributed by atoms with Crippen molar-refractivity contribution in [3.8, 4) is 17.2 Å². The van der Waals surface area contributed by atoms with E-state index in [1.54, 1.807) is 47.4 Å². The maximum Gasteiger partial charge on any atom is 0.260 e. The number of hydrogen-bond acceptors (Lipinski definition) is 6. The van der Waals surface area contributed by atoms with Crippen molar-refractivity contribution < 1.29 is 28.9 Å². The Bertz CT molecular complexity index is 935. The number of amides is 1. The highest BCUT2D eigenvalue weighted by molar-refractivity contribution is 9.10. The van der Waals surface area contributed by atoms with Gasteiger partial charge < -0.3 is 24.2 Å². The number of ketones is 1. The average Bonchev–Trinajstić information content (AvgIpc) is 2.78. The van der Waals surface area contributed by atoms with Gasteiger partial charge in [-0.15, -0.1) is 0 Å². The van der Waals surface area contributed by atoms with E-state index in [-0.39, 0.29) is 24.0 Å². The van der Waals surface area contributed by atoms with Gasteiger partial charge in [0.1, 0.15) is 5.75 Å². The number of rotatable bonds is 7. The summed E-state index contributed by atoms with van der Waals surface area (Å²) in [5.41, 5.74) is 1.19. The third-order valence-electron chi connectivity index (χ3n) is 4.56. The maximum atomic E-state index is 12.4. The fourth-order valence-corrected chi connectivity index (χ4v) is 3.34. The van der Waals surface area contributed by atoms with E-state index in [4.69, 9.17) is 14.2 Å². The zero-order valence-electron chi connectivity index (χ0n) is 16.5. The van der Waals surface area contributed by atoms with Crippen molar-refractivity contribution in [2.24, 2.45) is 0 Å². The van der Waals surface area contributed by atoms with Crippen LogP contribution in [0.1, 0.15) is 15.9 Å².